The molecule has 0 radical (unpaired) electrons. The first-order valence-electron chi connectivity index (χ1n) is 13.3. The van der Waals surface area contributed by atoms with E-state index in [9.17, 15) is 28.8 Å². The largest absolute Gasteiger partial charge is 0.481 e. The fourth-order valence-electron chi connectivity index (χ4n) is 5.22. The molecule has 40 heavy (non-hydrogen) atoms. The summed E-state index contributed by atoms with van der Waals surface area (Å²) in [6.07, 6.45) is 1.45. The van der Waals surface area contributed by atoms with E-state index in [1.807, 2.05) is 0 Å². The van der Waals surface area contributed by atoms with Gasteiger partial charge in [-0.05, 0) is 73.6 Å². The summed E-state index contributed by atoms with van der Waals surface area (Å²) in [7, 11) is 0. The number of carbonyl (C=O) groups is 6. The first kappa shape index (κ1) is 30.2. The molecule has 10 heteroatoms. The molecule has 0 heterocycles. The van der Waals surface area contributed by atoms with Gasteiger partial charge in [-0.25, -0.2) is 0 Å². The van der Waals surface area contributed by atoms with Crippen LogP contribution in [-0.4, -0.2) is 55.9 Å². The van der Waals surface area contributed by atoms with Crippen molar-refractivity contribution >= 4 is 35.4 Å². The Hall–Kier alpha value is -4.34. The van der Waals surface area contributed by atoms with Crippen molar-refractivity contribution in [3.05, 3.63) is 68.8 Å². The molecule has 0 atom stereocenters. The van der Waals surface area contributed by atoms with Gasteiger partial charge in [0, 0.05) is 47.9 Å². The Labute approximate surface area is 230 Å². The van der Waals surface area contributed by atoms with Gasteiger partial charge >= 0.3 is 23.9 Å². The molecule has 1 aliphatic carbocycles. The molecule has 0 saturated heterocycles. The summed E-state index contributed by atoms with van der Waals surface area (Å²) in [4.78, 5) is 72.8. The molecule has 4 N–H and O–H groups in total. The van der Waals surface area contributed by atoms with Gasteiger partial charge in [0.05, 0.1) is 0 Å². The fourth-order valence-corrected chi connectivity index (χ4v) is 5.22. The molecule has 212 valence electrons. The Bertz CT molecular complexity index is 1150. The van der Waals surface area contributed by atoms with Crippen LogP contribution in [0.25, 0.3) is 0 Å². The highest BCUT2D eigenvalue weighted by molar-refractivity contribution is 6.30. The van der Waals surface area contributed by atoms with Gasteiger partial charge in [0.15, 0.2) is 11.6 Å². The molecular formula is C30H32O10. The number of carboxylic acid groups (broad SMARTS) is 4. The van der Waals surface area contributed by atoms with E-state index in [2.05, 4.69) is 0 Å². The average molecular weight is 553 g/mol. The highest BCUT2D eigenvalue weighted by Crippen LogP contribution is 2.37. The molecule has 0 spiro atoms. The van der Waals surface area contributed by atoms with Crippen LogP contribution in [0.1, 0.15) is 105 Å². The summed E-state index contributed by atoms with van der Waals surface area (Å²) in [5, 5.41) is 36.3. The van der Waals surface area contributed by atoms with Gasteiger partial charge in [0.25, 0.3) is 0 Å². The summed E-state index contributed by atoms with van der Waals surface area (Å²) in [6.45, 7) is 0. The van der Waals surface area contributed by atoms with Gasteiger partial charge in [0.1, 0.15) is 0 Å². The molecule has 2 aromatic rings. The van der Waals surface area contributed by atoms with Crippen molar-refractivity contribution in [2.45, 2.75) is 77.0 Å². The van der Waals surface area contributed by atoms with Crippen LogP contribution in [0, 0.1) is 0 Å². The van der Waals surface area contributed by atoms with E-state index >= 15 is 0 Å². The van der Waals surface area contributed by atoms with Crippen LogP contribution in [0.15, 0.2) is 24.3 Å². The van der Waals surface area contributed by atoms with Crippen molar-refractivity contribution in [1.82, 2.24) is 0 Å². The molecule has 0 saturated carbocycles. The third-order valence-corrected chi connectivity index (χ3v) is 7.01. The summed E-state index contributed by atoms with van der Waals surface area (Å²) in [5.41, 5.74) is 2.81. The molecular weight excluding hydrogens is 520 g/mol. The number of hydrogen-bond acceptors (Lipinski definition) is 6. The van der Waals surface area contributed by atoms with E-state index in [1.54, 1.807) is 24.3 Å². The van der Waals surface area contributed by atoms with E-state index in [0.717, 1.165) is 0 Å². The Kier molecular flexibility index (Phi) is 10.3. The third-order valence-electron chi connectivity index (χ3n) is 7.01. The minimum absolute atomic E-state index is 0.123. The maximum absolute atomic E-state index is 14.2. The Morgan fingerprint density at radius 2 is 0.625 bits per heavy atom. The number of ketones is 2. The summed E-state index contributed by atoms with van der Waals surface area (Å²) < 4.78 is 0. The van der Waals surface area contributed by atoms with Crippen molar-refractivity contribution in [2.24, 2.45) is 0 Å². The minimum atomic E-state index is -0.987. The van der Waals surface area contributed by atoms with Gasteiger partial charge in [-0.3, -0.25) is 28.8 Å². The highest BCUT2D eigenvalue weighted by Gasteiger charge is 2.36. The summed E-state index contributed by atoms with van der Waals surface area (Å²) in [6, 6.07) is 6.75. The van der Waals surface area contributed by atoms with E-state index in [4.69, 9.17) is 20.4 Å². The van der Waals surface area contributed by atoms with Crippen LogP contribution in [0.2, 0.25) is 0 Å². The molecule has 10 nitrogen and oxygen atoms in total. The maximum atomic E-state index is 14.2. The maximum Gasteiger partial charge on any atom is 0.303 e. The number of fused-ring (bicyclic) bond motifs is 2. The summed E-state index contributed by atoms with van der Waals surface area (Å²) >= 11 is 0. The van der Waals surface area contributed by atoms with Crippen molar-refractivity contribution in [3.63, 3.8) is 0 Å². The smallest absolute Gasteiger partial charge is 0.303 e. The van der Waals surface area contributed by atoms with Crippen LogP contribution in [0.4, 0.5) is 0 Å². The molecule has 0 bridgehead atoms. The molecule has 3 rings (SSSR count). The number of carboxylic acids is 4. The number of rotatable bonds is 16. The van der Waals surface area contributed by atoms with E-state index in [-0.39, 0.29) is 99.3 Å². The molecule has 0 fully saturated rings. The first-order chi connectivity index (χ1) is 19.0. The normalized spacial score (nSPS) is 12.1. The Morgan fingerprint density at radius 3 is 0.800 bits per heavy atom. The van der Waals surface area contributed by atoms with Crippen LogP contribution >= 0.6 is 0 Å². The van der Waals surface area contributed by atoms with Crippen LogP contribution in [-0.2, 0) is 44.9 Å². The second kappa shape index (κ2) is 13.6. The molecule has 0 aliphatic heterocycles. The highest BCUT2D eigenvalue weighted by atomic mass is 16.4. The number of benzene rings is 2. The topological polar surface area (TPSA) is 183 Å². The predicted octanol–water partition coefficient (Wildman–Crippen LogP) is 4.09. The Balaban J connectivity index is 2.16. The monoisotopic (exact) mass is 552 g/mol. The van der Waals surface area contributed by atoms with Crippen molar-refractivity contribution in [3.8, 4) is 0 Å². The van der Waals surface area contributed by atoms with Gasteiger partial charge < -0.3 is 20.4 Å². The molecule has 1 aliphatic rings. The van der Waals surface area contributed by atoms with E-state index < -0.39 is 35.4 Å². The Morgan fingerprint density at radius 1 is 0.425 bits per heavy atom. The van der Waals surface area contributed by atoms with E-state index in [1.165, 1.54) is 0 Å². The fraction of sp³-hybridized carbons (Fsp3) is 0.400. The standard InChI is InChI=1S/C30H32O10/c31-21(32)9-1-5-17-13-14-18(6-2-10-22(33)34)26-25(17)29(39)27-19(7-3-11-23(35)36)15-16-20(28(27)30(26)40)8-4-12-24(37)38/h13-16H,1-12H2,(H,31,32)(H,33,34)(H,35,36)(H,37,38). The number of carbonyl (C=O) groups excluding carboxylic acids is 2. The van der Waals surface area contributed by atoms with Crippen molar-refractivity contribution in [1.29, 1.82) is 0 Å². The van der Waals surface area contributed by atoms with E-state index in [0.29, 0.717) is 22.3 Å². The zero-order valence-electron chi connectivity index (χ0n) is 22.0. The lowest BCUT2D eigenvalue weighted by atomic mass is 9.74. The third kappa shape index (κ3) is 7.40. The molecule has 2 aromatic carbocycles. The minimum Gasteiger partial charge on any atom is -0.481 e. The van der Waals surface area contributed by atoms with Crippen molar-refractivity contribution in [2.75, 3.05) is 0 Å². The predicted molar refractivity (Wildman–Crippen MR) is 142 cm³/mol. The summed E-state index contributed by atoms with van der Waals surface area (Å²) in [5.74, 6) is -4.78. The lowest BCUT2D eigenvalue weighted by Crippen LogP contribution is -2.27. The molecule has 0 unspecified atom stereocenters. The molecule has 0 amide bonds. The van der Waals surface area contributed by atoms with Gasteiger partial charge in [-0.1, -0.05) is 24.3 Å². The second-order valence-electron chi connectivity index (χ2n) is 9.92. The van der Waals surface area contributed by atoms with Crippen LogP contribution < -0.4 is 0 Å². The number of aryl methyl sites for hydroxylation is 4. The van der Waals surface area contributed by atoms with Crippen LogP contribution in [0.3, 0.4) is 0 Å². The lowest BCUT2D eigenvalue weighted by molar-refractivity contribution is -0.138. The SMILES string of the molecule is O=C(O)CCCc1ccc(CCCC(=O)O)c2c1C(=O)c1c(CCCC(=O)O)ccc(CCCC(=O)O)c1C2=O. The van der Waals surface area contributed by atoms with Crippen LogP contribution in [0.5, 0.6) is 0 Å². The molecule has 0 aromatic heterocycles. The number of hydrogen-bond donors (Lipinski definition) is 4. The number of aliphatic carboxylic acids is 4. The van der Waals surface area contributed by atoms with Gasteiger partial charge in [-0.2, -0.15) is 0 Å². The average Bonchev–Trinajstić information content (AvgIpc) is 2.87. The van der Waals surface area contributed by atoms with Gasteiger partial charge in [-0.15, -0.1) is 0 Å². The van der Waals surface area contributed by atoms with Crippen molar-refractivity contribution < 1.29 is 49.2 Å². The first-order valence-corrected chi connectivity index (χ1v) is 13.3. The second-order valence-corrected chi connectivity index (χ2v) is 9.92. The quantitative estimate of drug-likeness (QED) is 0.202. The lowest BCUT2D eigenvalue weighted by Gasteiger charge is -2.27. The zero-order valence-corrected chi connectivity index (χ0v) is 22.0. The zero-order chi connectivity index (χ0) is 29.4. The van der Waals surface area contributed by atoms with Gasteiger partial charge in [0.2, 0.25) is 0 Å².